The number of halogens is 1. The van der Waals surface area contributed by atoms with Gasteiger partial charge >= 0.3 is 0 Å². The maximum Gasteiger partial charge on any atom is 0.123 e. The molecule has 1 saturated carbocycles. The quantitative estimate of drug-likeness (QED) is 0.308. The van der Waals surface area contributed by atoms with Crippen LogP contribution in [0.25, 0.3) is 0 Å². The predicted octanol–water partition coefficient (Wildman–Crippen LogP) is 8.80. The lowest BCUT2D eigenvalue weighted by molar-refractivity contribution is 0.301. The maximum absolute atomic E-state index is 13.0. The second kappa shape index (κ2) is 13.3. The van der Waals surface area contributed by atoms with Crippen molar-refractivity contribution in [3.05, 3.63) is 35.6 Å². The van der Waals surface area contributed by atoms with Crippen LogP contribution in [0.4, 0.5) is 4.39 Å². The first-order valence-electron chi connectivity index (χ1n) is 11.5. The van der Waals surface area contributed by atoms with Crippen molar-refractivity contribution in [1.82, 2.24) is 0 Å². The molecule has 0 heterocycles. The Morgan fingerprint density at radius 3 is 1.73 bits per heavy atom. The minimum atomic E-state index is -0.112. The Kier molecular flexibility index (Phi) is 11.0. The van der Waals surface area contributed by atoms with Crippen LogP contribution in [0.3, 0.4) is 0 Å². The molecule has 0 aliphatic heterocycles. The molecule has 1 aromatic rings. The van der Waals surface area contributed by atoms with E-state index in [9.17, 15) is 4.39 Å². The van der Waals surface area contributed by atoms with Gasteiger partial charge in [-0.1, -0.05) is 96.1 Å². The van der Waals surface area contributed by atoms with E-state index in [1.54, 1.807) is 12.1 Å². The first kappa shape index (κ1) is 21.5. The largest absolute Gasteiger partial charge is 0.207 e. The van der Waals surface area contributed by atoms with Gasteiger partial charge in [0.05, 0.1) is 0 Å². The topological polar surface area (TPSA) is 0 Å². The molecule has 2 rings (SSSR count). The molecule has 1 heteroatoms. The van der Waals surface area contributed by atoms with Crippen LogP contribution in [-0.4, -0.2) is 0 Å². The summed E-state index contributed by atoms with van der Waals surface area (Å²) in [7, 11) is 0. The zero-order valence-corrected chi connectivity index (χ0v) is 17.2. The summed E-state index contributed by atoms with van der Waals surface area (Å²) in [6.45, 7) is 2.29. The third kappa shape index (κ3) is 8.69. The van der Waals surface area contributed by atoms with E-state index in [0.717, 1.165) is 5.92 Å². The molecule has 148 valence electrons. The predicted molar refractivity (Wildman–Crippen MR) is 112 cm³/mol. The van der Waals surface area contributed by atoms with Crippen LogP contribution in [0.1, 0.15) is 121 Å². The van der Waals surface area contributed by atoms with Gasteiger partial charge in [0.15, 0.2) is 0 Å². The molecule has 1 aliphatic rings. The molecule has 0 bridgehead atoms. The normalized spacial score (nSPS) is 20.4. The van der Waals surface area contributed by atoms with Gasteiger partial charge in [0.1, 0.15) is 5.82 Å². The summed E-state index contributed by atoms with van der Waals surface area (Å²) in [5.41, 5.74) is 1.35. The number of hydrogen-bond acceptors (Lipinski definition) is 0. The van der Waals surface area contributed by atoms with Crippen molar-refractivity contribution in [2.75, 3.05) is 0 Å². The van der Waals surface area contributed by atoms with Crippen molar-refractivity contribution < 1.29 is 4.39 Å². The lowest BCUT2D eigenvalue weighted by Crippen LogP contribution is -2.13. The summed E-state index contributed by atoms with van der Waals surface area (Å²) in [4.78, 5) is 0. The Morgan fingerprint density at radius 2 is 1.19 bits per heavy atom. The van der Waals surface area contributed by atoms with E-state index in [4.69, 9.17) is 0 Å². The molecule has 26 heavy (non-hydrogen) atoms. The number of rotatable bonds is 13. The van der Waals surface area contributed by atoms with Gasteiger partial charge in [-0.05, 0) is 55.2 Å². The summed E-state index contributed by atoms with van der Waals surface area (Å²) in [6.07, 6.45) is 22.6. The number of benzene rings is 1. The Balaban J connectivity index is 1.42. The minimum absolute atomic E-state index is 0.112. The number of hydrogen-bond donors (Lipinski definition) is 0. The molecule has 0 aromatic heterocycles. The smallest absolute Gasteiger partial charge is 0.123 e. The molecule has 0 amide bonds. The van der Waals surface area contributed by atoms with Crippen LogP contribution in [0.15, 0.2) is 24.3 Å². The number of unbranched alkanes of at least 4 members (excludes halogenated alkanes) is 10. The molecule has 0 nitrogen and oxygen atoms in total. The first-order valence-corrected chi connectivity index (χ1v) is 11.5. The molecule has 0 atom stereocenters. The Labute approximate surface area is 162 Å². The van der Waals surface area contributed by atoms with E-state index in [2.05, 4.69) is 6.92 Å². The van der Waals surface area contributed by atoms with Crippen LogP contribution < -0.4 is 0 Å². The summed E-state index contributed by atoms with van der Waals surface area (Å²) in [5, 5.41) is 0. The fourth-order valence-corrected chi connectivity index (χ4v) is 4.62. The first-order chi connectivity index (χ1) is 12.8. The van der Waals surface area contributed by atoms with Gasteiger partial charge in [0.2, 0.25) is 0 Å². The van der Waals surface area contributed by atoms with Gasteiger partial charge in [0, 0.05) is 0 Å². The van der Waals surface area contributed by atoms with E-state index in [1.807, 2.05) is 12.1 Å². The molecular weight excluding hydrogens is 319 g/mol. The van der Waals surface area contributed by atoms with Crippen LogP contribution in [0, 0.1) is 11.7 Å². The van der Waals surface area contributed by atoms with Gasteiger partial charge in [-0.25, -0.2) is 4.39 Å². The van der Waals surface area contributed by atoms with Crippen molar-refractivity contribution in [2.45, 2.75) is 116 Å². The van der Waals surface area contributed by atoms with Crippen molar-refractivity contribution in [2.24, 2.45) is 5.92 Å². The Bertz CT molecular complexity index is 442. The standard InChI is InChI=1S/C25H41F/c1-2-3-4-5-6-7-8-9-10-11-12-13-22-14-16-23(17-15-22)24-18-20-25(26)21-19-24/h18-23H,2-17H2,1H3/t22-,23-. The third-order valence-electron chi connectivity index (χ3n) is 6.40. The van der Waals surface area contributed by atoms with Crippen molar-refractivity contribution in [3.8, 4) is 0 Å². The van der Waals surface area contributed by atoms with E-state index < -0.39 is 0 Å². The second-order valence-corrected chi connectivity index (χ2v) is 8.59. The zero-order chi connectivity index (χ0) is 18.5. The highest BCUT2D eigenvalue weighted by Gasteiger charge is 2.21. The third-order valence-corrected chi connectivity index (χ3v) is 6.40. The van der Waals surface area contributed by atoms with Crippen LogP contribution in [0.5, 0.6) is 0 Å². The molecule has 0 N–H and O–H groups in total. The molecular formula is C25H41F. The van der Waals surface area contributed by atoms with Gasteiger partial charge < -0.3 is 0 Å². The lowest BCUT2D eigenvalue weighted by Gasteiger charge is -2.28. The van der Waals surface area contributed by atoms with Crippen LogP contribution in [-0.2, 0) is 0 Å². The van der Waals surface area contributed by atoms with E-state index in [1.165, 1.54) is 108 Å². The van der Waals surface area contributed by atoms with E-state index in [-0.39, 0.29) is 5.82 Å². The molecule has 1 aliphatic carbocycles. The van der Waals surface area contributed by atoms with E-state index in [0.29, 0.717) is 5.92 Å². The summed E-state index contributed by atoms with van der Waals surface area (Å²) in [5.74, 6) is 1.51. The SMILES string of the molecule is CCCCCCCCCCCCC[C@H]1CC[C@H](c2ccc(F)cc2)CC1. The van der Waals surface area contributed by atoms with Crippen molar-refractivity contribution >= 4 is 0 Å². The summed E-state index contributed by atoms with van der Waals surface area (Å²) >= 11 is 0. The monoisotopic (exact) mass is 360 g/mol. The molecule has 1 aromatic carbocycles. The average molecular weight is 361 g/mol. The highest BCUT2D eigenvalue weighted by molar-refractivity contribution is 5.20. The Hall–Kier alpha value is -0.850. The molecule has 1 fully saturated rings. The molecule has 0 unspecified atom stereocenters. The van der Waals surface area contributed by atoms with Crippen LogP contribution >= 0.6 is 0 Å². The van der Waals surface area contributed by atoms with Gasteiger partial charge in [-0.15, -0.1) is 0 Å². The highest BCUT2D eigenvalue weighted by Crippen LogP contribution is 2.37. The molecule has 0 spiro atoms. The van der Waals surface area contributed by atoms with Crippen molar-refractivity contribution in [1.29, 1.82) is 0 Å². The molecule has 0 saturated heterocycles. The fourth-order valence-electron chi connectivity index (χ4n) is 4.62. The fraction of sp³-hybridized carbons (Fsp3) is 0.760. The summed E-state index contributed by atoms with van der Waals surface area (Å²) < 4.78 is 13.0. The van der Waals surface area contributed by atoms with Gasteiger partial charge in [-0.2, -0.15) is 0 Å². The van der Waals surface area contributed by atoms with E-state index >= 15 is 0 Å². The maximum atomic E-state index is 13.0. The average Bonchev–Trinajstić information content (AvgIpc) is 2.67. The van der Waals surface area contributed by atoms with Gasteiger partial charge in [0.25, 0.3) is 0 Å². The second-order valence-electron chi connectivity index (χ2n) is 8.59. The Morgan fingerprint density at radius 1 is 0.692 bits per heavy atom. The van der Waals surface area contributed by atoms with Crippen molar-refractivity contribution in [3.63, 3.8) is 0 Å². The van der Waals surface area contributed by atoms with Crippen LogP contribution in [0.2, 0.25) is 0 Å². The summed E-state index contributed by atoms with van der Waals surface area (Å²) in [6, 6.07) is 7.22. The van der Waals surface area contributed by atoms with Gasteiger partial charge in [-0.3, -0.25) is 0 Å². The lowest BCUT2D eigenvalue weighted by atomic mass is 9.77. The minimum Gasteiger partial charge on any atom is -0.207 e. The highest BCUT2D eigenvalue weighted by atomic mass is 19.1. The molecule has 0 radical (unpaired) electrons. The zero-order valence-electron chi connectivity index (χ0n) is 17.2.